The summed E-state index contributed by atoms with van der Waals surface area (Å²) in [6.45, 7) is 0. The number of benzene rings is 1. The molecule has 76 valence electrons. The van der Waals surface area contributed by atoms with Crippen molar-refractivity contribution in [2.75, 3.05) is 0 Å². The maximum Gasteiger partial charge on any atom is 0.339 e. The van der Waals surface area contributed by atoms with Gasteiger partial charge in [-0.15, -0.1) is 0 Å². The number of carbonyl (C=O) groups is 1. The Bertz CT molecular complexity index is 494. The fourth-order valence-corrected chi connectivity index (χ4v) is 1.59. The van der Waals surface area contributed by atoms with Gasteiger partial charge in [-0.3, -0.25) is 0 Å². The molecule has 0 aliphatic rings. The van der Waals surface area contributed by atoms with E-state index < -0.39 is 5.97 Å². The fraction of sp³-hybridized carbons (Fsp3) is 0. The van der Waals surface area contributed by atoms with Crippen LogP contribution in [0.15, 0.2) is 36.9 Å². The highest BCUT2D eigenvalue weighted by atomic mass is 35.5. The van der Waals surface area contributed by atoms with E-state index in [0.717, 1.165) is 0 Å². The molecule has 1 aromatic heterocycles. The van der Waals surface area contributed by atoms with Gasteiger partial charge in [0.15, 0.2) is 0 Å². The van der Waals surface area contributed by atoms with Crippen molar-refractivity contribution in [3.05, 3.63) is 47.5 Å². The van der Waals surface area contributed by atoms with Gasteiger partial charge >= 0.3 is 5.97 Å². The Balaban J connectivity index is 2.66. The molecule has 0 aliphatic carbocycles. The summed E-state index contributed by atoms with van der Waals surface area (Å²) < 4.78 is 1.61. The van der Waals surface area contributed by atoms with Crippen molar-refractivity contribution in [3.63, 3.8) is 0 Å². The molecule has 2 rings (SSSR count). The Hall–Kier alpha value is -1.81. The SMILES string of the molecule is O=C(O)c1c(Cl)cccc1-n1ccnc1. The molecule has 0 fully saturated rings. The van der Waals surface area contributed by atoms with E-state index in [1.165, 1.54) is 6.33 Å². The lowest BCUT2D eigenvalue weighted by molar-refractivity contribution is 0.0697. The molecule has 0 bridgehead atoms. The van der Waals surface area contributed by atoms with Crippen molar-refractivity contribution in [3.8, 4) is 5.69 Å². The second-order valence-corrected chi connectivity index (χ2v) is 3.32. The van der Waals surface area contributed by atoms with Crippen LogP contribution in [0.1, 0.15) is 10.4 Å². The van der Waals surface area contributed by atoms with Crippen LogP contribution in [0, 0.1) is 0 Å². The number of hydrogen-bond acceptors (Lipinski definition) is 2. The predicted octanol–water partition coefficient (Wildman–Crippen LogP) is 2.22. The molecule has 1 N–H and O–H groups in total. The highest BCUT2D eigenvalue weighted by molar-refractivity contribution is 6.34. The van der Waals surface area contributed by atoms with Crippen LogP contribution in [0.3, 0.4) is 0 Å². The monoisotopic (exact) mass is 222 g/mol. The molecule has 0 saturated carbocycles. The van der Waals surface area contributed by atoms with E-state index in [4.69, 9.17) is 16.7 Å². The van der Waals surface area contributed by atoms with E-state index in [1.807, 2.05) is 0 Å². The van der Waals surface area contributed by atoms with E-state index in [2.05, 4.69) is 4.98 Å². The summed E-state index contributed by atoms with van der Waals surface area (Å²) in [5.41, 5.74) is 0.588. The minimum absolute atomic E-state index is 0.0807. The summed E-state index contributed by atoms with van der Waals surface area (Å²) in [5.74, 6) is -1.05. The Morgan fingerprint density at radius 2 is 2.27 bits per heavy atom. The molecular formula is C10H7ClN2O2. The Labute approximate surface area is 90.8 Å². The molecule has 0 amide bonds. The van der Waals surface area contributed by atoms with Gasteiger partial charge in [0.1, 0.15) is 5.56 Å². The quantitative estimate of drug-likeness (QED) is 0.848. The zero-order chi connectivity index (χ0) is 10.8. The molecule has 0 atom stereocenters. The molecule has 5 heteroatoms. The Kier molecular flexibility index (Phi) is 2.43. The van der Waals surface area contributed by atoms with Gasteiger partial charge in [-0.25, -0.2) is 9.78 Å². The summed E-state index contributed by atoms with van der Waals surface area (Å²) in [6, 6.07) is 4.92. The molecule has 1 aromatic carbocycles. The van der Waals surface area contributed by atoms with Gasteiger partial charge in [-0.1, -0.05) is 17.7 Å². The minimum atomic E-state index is -1.05. The van der Waals surface area contributed by atoms with Crippen molar-refractivity contribution in [1.82, 2.24) is 9.55 Å². The highest BCUT2D eigenvalue weighted by Gasteiger charge is 2.14. The molecule has 0 radical (unpaired) electrons. The van der Waals surface area contributed by atoms with Crippen molar-refractivity contribution >= 4 is 17.6 Å². The third-order valence-corrected chi connectivity index (χ3v) is 2.30. The minimum Gasteiger partial charge on any atom is -0.478 e. The lowest BCUT2D eigenvalue weighted by atomic mass is 10.2. The van der Waals surface area contributed by atoms with E-state index in [-0.39, 0.29) is 10.6 Å². The van der Waals surface area contributed by atoms with Gasteiger partial charge in [-0.2, -0.15) is 0 Å². The largest absolute Gasteiger partial charge is 0.478 e. The van der Waals surface area contributed by atoms with Crippen molar-refractivity contribution in [2.24, 2.45) is 0 Å². The number of halogens is 1. The third-order valence-electron chi connectivity index (χ3n) is 1.99. The Morgan fingerprint density at radius 3 is 2.87 bits per heavy atom. The van der Waals surface area contributed by atoms with E-state index in [9.17, 15) is 4.79 Å². The van der Waals surface area contributed by atoms with Crippen LogP contribution in [0.25, 0.3) is 5.69 Å². The van der Waals surface area contributed by atoms with E-state index in [0.29, 0.717) is 5.69 Å². The van der Waals surface area contributed by atoms with Crippen molar-refractivity contribution < 1.29 is 9.90 Å². The van der Waals surface area contributed by atoms with Crippen LogP contribution >= 0.6 is 11.6 Å². The number of hydrogen-bond donors (Lipinski definition) is 1. The number of aromatic nitrogens is 2. The normalized spacial score (nSPS) is 10.2. The molecule has 0 saturated heterocycles. The van der Waals surface area contributed by atoms with Crippen LogP contribution in [0.5, 0.6) is 0 Å². The lowest BCUT2D eigenvalue weighted by Crippen LogP contribution is -2.04. The van der Waals surface area contributed by atoms with E-state index >= 15 is 0 Å². The molecule has 0 spiro atoms. The standard InChI is InChI=1S/C10H7ClN2O2/c11-7-2-1-3-8(9(7)10(14)15)13-5-4-12-6-13/h1-6H,(H,14,15). The summed E-state index contributed by atoms with van der Waals surface area (Å²) in [7, 11) is 0. The molecular weight excluding hydrogens is 216 g/mol. The van der Waals surface area contributed by atoms with Crippen LogP contribution in [-0.2, 0) is 0 Å². The lowest BCUT2D eigenvalue weighted by Gasteiger charge is -2.07. The average molecular weight is 223 g/mol. The zero-order valence-corrected chi connectivity index (χ0v) is 8.35. The zero-order valence-electron chi connectivity index (χ0n) is 7.59. The highest BCUT2D eigenvalue weighted by Crippen LogP contribution is 2.22. The Morgan fingerprint density at radius 1 is 1.47 bits per heavy atom. The molecule has 15 heavy (non-hydrogen) atoms. The molecule has 1 heterocycles. The van der Waals surface area contributed by atoms with Gasteiger partial charge in [0, 0.05) is 12.4 Å². The molecule has 2 aromatic rings. The summed E-state index contributed by atoms with van der Waals surface area (Å²) in [6.07, 6.45) is 4.77. The first-order valence-corrected chi connectivity index (χ1v) is 4.58. The van der Waals surface area contributed by atoms with Gasteiger partial charge in [0.25, 0.3) is 0 Å². The molecule has 0 aliphatic heterocycles. The number of nitrogens with zero attached hydrogens (tertiary/aromatic N) is 2. The van der Waals surface area contributed by atoms with Crippen LogP contribution < -0.4 is 0 Å². The number of imidazole rings is 1. The second-order valence-electron chi connectivity index (χ2n) is 2.91. The maximum absolute atomic E-state index is 11.0. The summed E-state index contributed by atoms with van der Waals surface area (Å²) in [4.78, 5) is 14.9. The fourth-order valence-electron chi connectivity index (χ4n) is 1.34. The number of aromatic carboxylic acids is 1. The smallest absolute Gasteiger partial charge is 0.339 e. The van der Waals surface area contributed by atoms with Crippen molar-refractivity contribution in [1.29, 1.82) is 0 Å². The van der Waals surface area contributed by atoms with Crippen LogP contribution in [0.2, 0.25) is 5.02 Å². The molecule has 4 nitrogen and oxygen atoms in total. The maximum atomic E-state index is 11.0. The van der Waals surface area contributed by atoms with Crippen LogP contribution in [0.4, 0.5) is 0 Å². The first-order valence-electron chi connectivity index (χ1n) is 4.20. The predicted molar refractivity (Wildman–Crippen MR) is 55.5 cm³/mol. The third kappa shape index (κ3) is 1.71. The first kappa shape index (κ1) is 9.73. The van der Waals surface area contributed by atoms with E-state index in [1.54, 1.807) is 35.2 Å². The molecule has 0 unspecified atom stereocenters. The van der Waals surface area contributed by atoms with Crippen LogP contribution in [-0.4, -0.2) is 20.6 Å². The number of carboxylic acid groups (broad SMARTS) is 1. The second kappa shape index (κ2) is 3.74. The first-order chi connectivity index (χ1) is 7.20. The number of rotatable bonds is 2. The summed E-state index contributed by atoms with van der Waals surface area (Å²) in [5, 5.41) is 9.24. The van der Waals surface area contributed by atoms with Gasteiger partial charge in [0.05, 0.1) is 17.0 Å². The topological polar surface area (TPSA) is 55.1 Å². The van der Waals surface area contributed by atoms with Crippen molar-refractivity contribution in [2.45, 2.75) is 0 Å². The van der Waals surface area contributed by atoms with Gasteiger partial charge in [-0.05, 0) is 12.1 Å². The number of carboxylic acids is 1. The summed E-state index contributed by atoms with van der Waals surface area (Å²) >= 11 is 5.83. The average Bonchev–Trinajstić information content (AvgIpc) is 2.69. The van der Waals surface area contributed by atoms with Gasteiger partial charge < -0.3 is 9.67 Å². The van der Waals surface area contributed by atoms with Gasteiger partial charge in [0.2, 0.25) is 0 Å².